The minimum absolute atomic E-state index is 0.188. The standard InChI is InChI=1S/C15H23NO2S/c1-10-9-19-12-8-15(5,7-6-11(10)12)16-13(17)18-14(2,3)4/h9H,6-8H2,1-5H3,(H,16,17). The summed E-state index contributed by atoms with van der Waals surface area (Å²) in [6, 6.07) is 0. The number of alkyl carbamates (subject to hydrolysis) is 1. The van der Waals surface area contributed by atoms with Gasteiger partial charge in [-0.2, -0.15) is 0 Å². The van der Waals surface area contributed by atoms with Crippen molar-refractivity contribution in [3.63, 3.8) is 0 Å². The number of ether oxygens (including phenoxy) is 1. The van der Waals surface area contributed by atoms with Crippen LogP contribution in [0, 0.1) is 6.92 Å². The molecule has 0 saturated carbocycles. The predicted octanol–water partition coefficient (Wildman–Crippen LogP) is 3.83. The first-order chi connectivity index (χ1) is 8.69. The largest absolute Gasteiger partial charge is 0.444 e. The van der Waals surface area contributed by atoms with E-state index in [1.807, 2.05) is 20.8 Å². The number of hydrogen-bond donors (Lipinski definition) is 1. The summed E-state index contributed by atoms with van der Waals surface area (Å²) in [6.45, 7) is 9.93. The normalized spacial score (nSPS) is 22.8. The quantitative estimate of drug-likeness (QED) is 0.849. The Balaban J connectivity index is 2.04. The summed E-state index contributed by atoms with van der Waals surface area (Å²) in [7, 11) is 0. The second-order valence-electron chi connectivity index (χ2n) is 6.68. The lowest BCUT2D eigenvalue weighted by molar-refractivity contribution is 0.0455. The van der Waals surface area contributed by atoms with Crippen molar-refractivity contribution < 1.29 is 9.53 Å². The van der Waals surface area contributed by atoms with Gasteiger partial charge >= 0.3 is 6.09 Å². The van der Waals surface area contributed by atoms with Crippen molar-refractivity contribution in [1.29, 1.82) is 0 Å². The molecule has 1 aliphatic rings. The summed E-state index contributed by atoms with van der Waals surface area (Å²) >= 11 is 1.80. The Kier molecular flexibility index (Phi) is 3.65. The number of thiophene rings is 1. The average Bonchev–Trinajstić information content (AvgIpc) is 2.55. The van der Waals surface area contributed by atoms with Crippen LogP contribution in [-0.2, 0) is 17.6 Å². The number of aryl methyl sites for hydroxylation is 1. The first-order valence-electron chi connectivity index (χ1n) is 6.76. The predicted molar refractivity (Wildman–Crippen MR) is 78.9 cm³/mol. The van der Waals surface area contributed by atoms with E-state index in [2.05, 4.69) is 24.5 Å². The van der Waals surface area contributed by atoms with E-state index in [0.29, 0.717) is 0 Å². The monoisotopic (exact) mass is 281 g/mol. The van der Waals surface area contributed by atoms with Gasteiger partial charge < -0.3 is 10.1 Å². The molecular formula is C15H23NO2S. The first kappa shape index (κ1) is 14.4. The molecule has 0 saturated heterocycles. The summed E-state index contributed by atoms with van der Waals surface area (Å²) in [4.78, 5) is 13.3. The first-order valence-corrected chi connectivity index (χ1v) is 7.63. The van der Waals surface area contributed by atoms with Crippen LogP contribution >= 0.6 is 11.3 Å². The fourth-order valence-corrected chi connectivity index (χ4v) is 3.78. The Hall–Kier alpha value is -1.03. The van der Waals surface area contributed by atoms with Crippen molar-refractivity contribution in [1.82, 2.24) is 5.32 Å². The molecule has 1 unspecified atom stereocenters. The van der Waals surface area contributed by atoms with E-state index in [9.17, 15) is 4.79 Å². The van der Waals surface area contributed by atoms with Crippen molar-refractivity contribution in [3.05, 3.63) is 21.4 Å². The zero-order valence-electron chi connectivity index (χ0n) is 12.4. The summed E-state index contributed by atoms with van der Waals surface area (Å²) in [6.07, 6.45) is 2.60. The number of amides is 1. The number of nitrogens with one attached hydrogen (secondary N) is 1. The highest BCUT2D eigenvalue weighted by Gasteiger charge is 2.34. The number of hydrogen-bond acceptors (Lipinski definition) is 3. The van der Waals surface area contributed by atoms with Crippen LogP contribution in [-0.4, -0.2) is 17.2 Å². The number of rotatable bonds is 1. The average molecular weight is 281 g/mol. The summed E-state index contributed by atoms with van der Waals surface area (Å²) in [5, 5.41) is 5.26. The Bertz CT molecular complexity index is 487. The molecule has 1 N–H and O–H groups in total. The van der Waals surface area contributed by atoms with Gasteiger partial charge in [-0.3, -0.25) is 0 Å². The van der Waals surface area contributed by atoms with Crippen LogP contribution in [0.3, 0.4) is 0 Å². The van der Waals surface area contributed by atoms with E-state index in [1.54, 1.807) is 11.3 Å². The van der Waals surface area contributed by atoms with Gasteiger partial charge in [0, 0.05) is 16.8 Å². The molecule has 0 radical (unpaired) electrons. The Morgan fingerprint density at radius 2 is 2.16 bits per heavy atom. The van der Waals surface area contributed by atoms with Crippen LogP contribution in [0.5, 0.6) is 0 Å². The summed E-state index contributed by atoms with van der Waals surface area (Å²) < 4.78 is 5.35. The SMILES string of the molecule is Cc1csc2c1CCC(C)(NC(=O)OC(C)(C)C)C2. The third-order valence-corrected chi connectivity index (χ3v) is 4.62. The van der Waals surface area contributed by atoms with E-state index in [4.69, 9.17) is 4.74 Å². The molecule has 0 spiro atoms. The van der Waals surface area contributed by atoms with E-state index in [0.717, 1.165) is 19.3 Å². The zero-order chi connectivity index (χ0) is 14.3. The smallest absolute Gasteiger partial charge is 0.408 e. The third kappa shape index (κ3) is 3.50. The number of carbonyl (C=O) groups is 1. The van der Waals surface area contributed by atoms with Crippen LogP contribution in [0.25, 0.3) is 0 Å². The Labute approximate surface area is 119 Å². The number of carbonyl (C=O) groups excluding carboxylic acids is 1. The van der Waals surface area contributed by atoms with Crippen LogP contribution < -0.4 is 5.32 Å². The molecule has 0 fully saturated rings. The van der Waals surface area contributed by atoms with E-state index in [-0.39, 0.29) is 11.6 Å². The molecule has 1 aromatic heterocycles. The Morgan fingerprint density at radius 3 is 2.79 bits per heavy atom. The molecule has 0 aromatic carbocycles. The van der Waals surface area contributed by atoms with Gasteiger partial charge in [0.2, 0.25) is 0 Å². The molecule has 1 heterocycles. The molecule has 0 aliphatic heterocycles. The summed E-state index contributed by atoms with van der Waals surface area (Å²) in [5.41, 5.74) is 2.24. The molecule has 1 atom stereocenters. The molecule has 19 heavy (non-hydrogen) atoms. The molecule has 0 bridgehead atoms. The molecule has 1 amide bonds. The van der Waals surface area contributed by atoms with E-state index < -0.39 is 5.60 Å². The van der Waals surface area contributed by atoms with Crippen molar-refractivity contribution in [2.75, 3.05) is 0 Å². The molecule has 4 heteroatoms. The second kappa shape index (κ2) is 4.82. The van der Waals surface area contributed by atoms with Gasteiger partial charge in [-0.15, -0.1) is 11.3 Å². The van der Waals surface area contributed by atoms with Crippen molar-refractivity contribution in [2.24, 2.45) is 0 Å². The van der Waals surface area contributed by atoms with E-state index >= 15 is 0 Å². The van der Waals surface area contributed by atoms with Crippen LogP contribution in [0.2, 0.25) is 0 Å². The molecule has 1 aromatic rings. The fourth-order valence-electron chi connectivity index (χ4n) is 2.51. The van der Waals surface area contributed by atoms with Crippen molar-refractivity contribution in [3.8, 4) is 0 Å². The van der Waals surface area contributed by atoms with Crippen LogP contribution in [0.1, 0.15) is 50.1 Å². The van der Waals surface area contributed by atoms with Gasteiger partial charge in [-0.1, -0.05) is 0 Å². The minimum atomic E-state index is -0.445. The van der Waals surface area contributed by atoms with Gasteiger partial charge in [0.25, 0.3) is 0 Å². The van der Waals surface area contributed by atoms with Crippen molar-refractivity contribution >= 4 is 17.4 Å². The number of fused-ring (bicyclic) bond motifs is 1. The van der Waals surface area contributed by atoms with Gasteiger partial charge in [-0.05, 0) is 64.0 Å². The maximum absolute atomic E-state index is 11.9. The Morgan fingerprint density at radius 1 is 1.47 bits per heavy atom. The minimum Gasteiger partial charge on any atom is -0.444 e. The molecule has 2 rings (SSSR count). The van der Waals surface area contributed by atoms with Gasteiger partial charge in [0.1, 0.15) is 5.60 Å². The second-order valence-corrected chi connectivity index (χ2v) is 7.65. The maximum atomic E-state index is 11.9. The van der Waals surface area contributed by atoms with Crippen LogP contribution in [0.15, 0.2) is 5.38 Å². The lowest BCUT2D eigenvalue weighted by Gasteiger charge is -2.35. The maximum Gasteiger partial charge on any atom is 0.408 e. The molecule has 106 valence electrons. The molecular weight excluding hydrogens is 258 g/mol. The molecule has 3 nitrogen and oxygen atoms in total. The van der Waals surface area contributed by atoms with Gasteiger partial charge in [0.15, 0.2) is 0 Å². The van der Waals surface area contributed by atoms with Crippen LogP contribution in [0.4, 0.5) is 4.79 Å². The highest BCUT2D eigenvalue weighted by Crippen LogP contribution is 2.34. The highest BCUT2D eigenvalue weighted by atomic mass is 32.1. The topological polar surface area (TPSA) is 38.3 Å². The van der Waals surface area contributed by atoms with Gasteiger partial charge in [-0.25, -0.2) is 4.79 Å². The van der Waals surface area contributed by atoms with Crippen molar-refractivity contribution in [2.45, 2.75) is 65.0 Å². The summed E-state index contributed by atoms with van der Waals surface area (Å²) in [5.74, 6) is 0. The fraction of sp³-hybridized carbons (Fsp3) is 0.667. The highest BCUT2D eigenvalue weighted by molar-refractivity contribution is 7.10. The lowest BCUT2D eigenvalue weighted by Crippen LogP contribution is -2.51. The third-order valence-electron chi connectivity index (χ3n) is 3.47. The van der Waals surface area contributed by atoms with E-state index in [1.165, 1.54) is 16.0 Å². The zero-order valence-corrected chi connectivity index (χ0v) is 13.2. The van der Waals surface area contributed by atoms with Gasteiger partial charge in [0.05, 0.1) is 0 Å². The molecule has 1 aliphatic carbocycles. The lowest BCUT2D eigenvalue weighted by atomic mass is 9.82.